The van der Waals surface area contributed by atoms with Crippen LogP contribution in [0.2, 0.25) is 0 Å². The van der Waals surface area contributed by atoms with Gasteiger partial charge in [-0.05, 0) is 77.0 Å². The second-order valence-corrected chi connectivity index (χ2v) is 17.0. The molecule has 1 saturated heterocycles. The molecule has 0 amide bonds. The maximum atomic E-state index is 12.4. The molecular formula is C47H83O9P. The molecule has 1 rings (SSSR count). The van der Waals surface area contributed by atoms with Crippen LogP contribution in [0, 0.1) is 0 Å². The van der Waals surface area contributed by atoms with Crippen LogP contribution in [0.15, 0.2) is 48.6 Å². The fourth-order valence-corrected chi connectivity index (χ4v) is 7.00. The quantitative estimate of drug-likeness (QED) is 0.0203. The molecule has 0 aliphatic carbocycles. The van der Waals surface area contributed by atoms with Crippen LogP contribution in [-0.2, 0) is 32.9 Å². The van der Waals surface area contributed by atoms with E-state index in [9.17, 15) is 14.2 Å². The second kappa shape index (κ2) is 38.2. The van der Waals surface area contributed by atoms with Gasteiger partial charge in [0.15, 0.2) is 6.10 Å². The van der Waals surface area contributed by atoms with E-state index < -0.39 is 32.5 Å². The number of esters is 2. The van der Waals surface area contributed by atoms with Crippen LogP contribution < -0.4 is 0 Å². The molecule has 1 fully saturated rings. The summed E-state index contributed by atoms with van der Waals surface area (Å²) in [6.07, 6.45) is 50.1. The van der Waals surface area contributed by atoms with Crippen LogP contribution in [0.25, 0.3) is 0 Å². The molecule has 2 N–H and O–H groups in total. The molecule has 1 aliphatic rings. The zero-order valence-electron chi connectivity index (χ0n) is 36.2. The van der Waals surface area contributed by atoms with E-state index in [1.165, 1.54) is 116 Å². The lowest BCUT2D eigenvalue weighted by atomic mass is 10.0. The van der Waals surface area contributed by atoms with Crippen molar-refractivity contribution in [3.8, 4) is 0 Å². The van der Waals surface area contributed by atoms with Crippen molar-refractivity contribution < 1.29 is 42.7 Å². The highest BCUT2D eigenvalue weighted by molar-refractivity contribution is 7.46. The van der Waals surface area contributed by atoms with Gasteiger partial charge in [0, 0.05) is 12.8 Å². The summed E-state index contributed by atoms with van der Waals surface area (Å²) in [4.78, 5) is 43.0. The molecule has 2 unspecified atom stereocenters. The van der Waals surface area contributed by atoms with E-state index in [-0.39, 0.29) is 31.7 Å². The molecule has 1 heterocycles. The number of hydrogen-bond acceptors (Lipinski definition) is 7. The number of hydrogen-bond donors (Lipinski definition) is 2. The van der Waals surface area contributed by atoms with Crippen LogP contribution in [0.5, 0.6) is 0 Å². The fourth-order valence-electron chi connectivity index (χ4n) is 6.64. The Balaban J connectivity index is 2.06. The second-order valence-electron chi connectivity index (χ2n) is 15.8. The first kappa shape index (κ1) is 53.0. The summed E-state index contributed by atoms with van der Waals surface area (Å²) < 4.78 is 32.2. The fraction of sp³-hybridized carbons (Fsp3) is 0.787. The molecule has 0 radical (unpaired) electrons. The molecule has 0 bridgehead atoms. The van der Waals surface area contributed by atoms with Gasteiger partial charge in [0.1, 0.15) is 6.61 Å². The van der Waals surface area contributed by atoms with Gasteiger partial charge in [-0.3, -0.25) is 14.1 Å². The third-order valence-electron chi connectivity index (χ3n) is 10.2. The number of rotatable bonds is 41. The van der Waals surface area contributed by atoms with Crippen molar-refractivity contribution in [1.82, 2.24) is 0 Å². The summed E-state index contributed by atoms with van der Waals surface area (Å²) in [6.45, 7) is 3.61. The van der Waals surface area contributed by atoms with Crippen molar-refractivity contribution in [1.29, 1.82) is 0 Å². The van der Waals surface area contributed by atoms with E-state index in [4.69, 9.17) is 24.0 Å². The Hall–Kier alpha value is -2.03. The number of carbonyl (C=O) groups excluding carboxylic acids is 2. The highest BCUT2D eigenvalue weighted by atomic mass is 31.2. The smallest absolute Gasteiger partial charge is 0.462 e. The minimum atomic E-state index is -4.78. The molecule has 0 spiro atoms. The molecule has 0 aromatic rings. The Morgan fingerprint density at radius 3 is 1.54 bits per heavy atom. The topological polar surface area (TPSA) is 132 Å². The van der Waals surface area contributed by atoms with Crippen molar-refractivity contribution in [3.05, 3.63) is 48.6 Å². The van der Waals surface area contributed by atoms with Gasteiger partial charge in [-0.2, -0.15) is 0 Å². The predicted octanol–water partition coefficient (Wildman–Crippen LogP) is 13.3. The van der Waals surface area contributed by atoms with Gasteiger partial charge >= 0.3 is 19.8 Å². The van der Waals surface area contributed by atoms with E-state index in [0.29, 0.717) is 19.3 Å². The lowest BCUT2D eigenvalue weighted by Gasteiger charge is -2.18. The predicted molar refractivity (Wildman–Crippen MR) is 234 cm³/mol. The average molecular weight is 823 g/mol. The van der Waals surface area contributed by atoms with Crippen LogP contribution in [0.1, 0.15) is 206 Å². The number of unbranched alkanes of at least 4 members (excludes halogenated alkanes) is 21. The summed E-state index contributed by atoms with van der Waals surface area (Å²) in [7, 11) is -4.78. The highest BCUT2D eigenvalue weighted by Crippen LogP contribution is 2.36. The monoisotopic (exact) mass is 823 g/mol. The first-order valence-corrected chi connectivity index (χ1v) is 24.6. The Morgan fingerprint density at radius 1 is 0.544 bits per heavy atom. The minimum absolute atomic E-state index is 0.127. The number of phosphoric acid groups is 1. The average Bonchev–Trinajstić information content (AvgIpc) is 3.94. The summed E-state index contributed by atoms with van der Waals surface area (Å²) in [6, 6.07) is 0. The molecule has 57 heavy (non-hydrogen) atoms. The van der Waals surface area contributed by atoms with Crippen molar-refractivity contribution in [2.24, 2.45) is 0 Å². The molecular weight excluding hydrogens is 739 g/mol. The maximum absolute atomic E-state index is 12.4. The SMILES string of the molecule is CCCCC/C=C\C/C=C\CC1OC1C/C=C\CCCC(=O)O[C@H](COC(=O)CCCCCCCCCCCCC/C=C\CCCCCCCC)COP(=O)(O)O. The third kappa shape index (κ3) is 38.0. The van der Waals surface area contributed by atoms with Gasteiger partial charge in [0.25, 0.3) is 0 Å². The lowest BCUT2D eigenvalue weighted by molar-refractivity contribution is -0.161. The van der Waals surface area contributed by atoms with Crippen molar-refractivity contribution in [2.75, 3.05) is 13.2 Å². The van der Waals surface area contributed by atoms with E-state index in [0.717, 1.165) is 44.9 Å². The van der Waals surface area contributed by atoms with Crippen LogP contribution in [0.3, 0.4) is 0 Å². The van der Waals surface area contributed by atoms with E-state index >= 15 is 0 Å². The number of carbonyl (C=O) groups is 2. The van der Waals surface area contributed by atoms with Gasteiger partial charge in [-0.1, -0.05) is 165 Å². The highest BCUT2D eigenvalue weighted by Gasteiger charge is 2.36. The van der Waals surface area contributed by atoms with Crippen LogP contribution in [0.4, 0.5) is 0 Å². The van der Waals surface area contributed by atoms with Gasteiger partial charge < -0.3 is 24.0 Å². The Bertz CT molecular complexity index is 1130. The van der Waals surface area contributed by atoms with Gasteiger partial charge in [-0.25, -0.2) is 4.57 Å². The van der Waals surface area contributed by atoms with E-state index in [2.05, 4.69) is 60.9 Å². The van der Waals surface area contributed by atoms with Gasteiger partial charge in [-0.15, -0.1) is 0 Å². The van der Waals surface area contributed by atoms with Gasteiger partial charge in [0.2, 0.25) is 0 Å². The first-order chi connectivity index (χ1) is 27.7. The number of allylic oxidation sites excluding steroid dienone is 6. The summed E-state index contributed by atoms with van der Waals surface area (Å²) in [5, 5.41) is 0. The molecule has 0 aromatic carbocycles. The summed E-state index contributed by atoms with van der Waals surface area (Å²) >= 11 is 0. The van der Waals surface area contributed by atoms with Crippen LogP contribution >= 0.6 is 7.82 Å². The van der Waals surface area contributed by atoms with Gasteiger partial charge in [0.05, 0.1) is 18.8 Å². The molecule has 10 heteroatoms. The Morgan fingerprint density at radius 2 is 0.965 bits per heavy atom. The molecule has 0 aromatic heterocycles. The third-order valence-corrected chi connectivity index (χ3v) is 10.7. The number of epoxide rings is 1. The van der Waals surface area contributed by atoms with E-state index in [1.807, 2.05) is 6.08 Å². The number of phosphoric ester groups is 1. The molecule has 9 nitrogen and oxygen atoms in total. The normalized spacial score (nSPS) is 16.4. The summed E-state index contributed by atoms with van der Waals surface area (Å²) in [5.41, 5.74) is 0. The van der Waals surface area contributed by atoms with Crippen molar-refractivity contribution >= 4 is 19.8 Å². The standard InChI is InChI=1S/C47H83O9P/c1-3-5-7-9-11-13-14-15-16-17-18-19-20-21-22-23-24-26-28-30-35-39-46(48)53-41-43(42-54-57(50,51)52)55-47(49)40-36-32-31-34-38-45-44(56-45)37-33-29-27-25-12-10-8-6-4-2/h12,15-16,25,29,31,33-34,43-45H,3-11,13-14,17-24,26-28,30,32,35-42H2,1-2H3,(H2,50,51,52)/b16-15-,25-12-,33-29-,34-31-/t43-,44?,45?/m1/s1. The lowest BCUT2D eigenvalue weighted by Crippen LogP contribution is -2.29. The zero-order chi connectivity index (χ0) is 41.5. The Kier molecular flexibility index (Phi) is 35.5. The maximum Gasteiger partial charge on any atom is 0.469 e. The minimum Gasteiger partial charge on any atom is -0.462 e. The largest absolute Gasteiger partial charge is 0.469 e. The molecule has 3 atom stereocenters. The first-order valence-electron chi connectivity index (χ1n) is 23.1. The van der Waals surface area contributed by atoms with E-state index in [1.54, 1.807) is 0 Å². The Labute approximate surface area is 348 Å². The summed E-state index contributed by atoms with van der Waals surface area (Å²) in [5.74, 6) is -0.956. The van der Waals surface area contributed by atoms with Crippen LogP contribution in [-0.4, -0.2) is 53.3 Å². The molecule has 0 saturated carbocycles. The molecule has 330 valence electrons. The van der Waals surface area contributed by atoms with Crippen molar-refractivity contribution in [3.63, 3.8) is 0 Å². The molecule has 1 aliphatic heterocycles. The zero-order valence-corrected chi connectivity index (χ0v) is 37.1. The van der Waals surface area contributed by atoms with Crippen molar-refractivity contribution in [2.45, 2.75) is 225 Å². The number of ether oxygens (including phenoxy) is 3.